The minimum Gasteiger partial charge on any atom is -0.244 e. The van der Waals surface area contributed by atoms with Gasteiger partial charge in [-0.05, 0) is 6.58 Å². The van der Waals surface area contributed by atoms with Crippen LogP contribution in [-0.4, -0.2) is 18.8 Å². The molecule has 80 valence electrons. The molecule has 0 aromatic heterocycles. The van der Waals surface area contributed by atoms with Gasteiger partial charge in [-0.15, -0.1) is 0 Å². The van der Waals surface area contributed by atoms with E-state index >= 15 is 0 Å². The lowest BCUT2D eigenvalue weighted by Crippen LogP contribution is -2.38. The van der Waals surface area contributed by atoms with Crippen molar-refractivity contribution in [2.45, 2.75) is 12.1 Å². The van der Waals surface area contributed by atoms with Gasteiger partial charge in [0.1, 0.15) is 0 Å². The van der Waals surface area contributed by atoms with E-state index in [1.165, 1.54) is 0 Å². The second-order valence-corrected chi connectivity index (χ2v) is 1.67. The average Bonchev–Trinajstić information content (AvgIpc) is 1.84. The lowest BCUT2D eigenvalue weighted by Gasteiger charge is -2.14. The summed E-state index contributed by atoms with van der Waals surface area (Å²) in [5.74, 6) is -5.19. The van der Waals surface area contributed by atoms with Crippen LogP contribution in [0.15, 0.2) is 12.7 Å². The highest BCUT2D eigenvalue weighted by Crippen LogP contribution is 2.35. The van der Waals surface area contributed by atoms with Crippen LogP contribution in [0.2, 0.25) is 0 Å². The van der Waals surface area contributed by atoms with Crippen LogP contribution in [0, 0.1) is 0 Å². The summed E-state index contributed by atoms with van der Waals surface area (Å²) in [6.07, 6.45) is -7.60. The molecule has 0 fully saturated rings. The molecular formula is C5H4F8. The predicted octanol–water partition coefficient (Wildman–Crippen LogP) is 3.55. The SMILES string of the molecule is C=C(F)F.FCC(F)(F)C(F)(F)F. The second-order valence-electron chi connectivity index (χ2n) is 1.67. The summed E-state index contributed by atoms with van der Waals surface area (Å²) in [5.41, 5.74) is 0. The Morgan fingerprint density at radius 3 is 1.23 bits per heavy atom. The molecule has 0 bridgehead atoms. The van der Waals surface area contributed by atoms with E-state index in [1.807, 2.05) is 0 Å². The molecule has 0 amide bonds. The first-order valence-electron chi connectivity index (χ1n) is 2.55. The Balaban J connectivity index is 0. The molecule has 0 spiro atoms. The molecule has 0 aliphatic rings. The first-order chi connectivity index (χ1) is 5.54. The number of hydrogen-bond acceptors (Lipinski definition) is 0. The molecule has 0 nitrogen and oxygen atoms in total. The molecule has 0 aliphatic heterocycles. The van der Waals surface area contributed by atoms with Gasteiger partial charge in [-0.1, -0.05) is 0 Å². The maximum absolute atomic E-state index is 11.2. The van der Waals surface area contributed by atoms with Crippen LogP contribution in [0.4, 0.5) is 35.1 Å². The van der Waals surface area contributed by atoms with E-state index in [4.69, 9.17) is 0 Å². The van der Waals surface area contributed by atoms with Crippen LogP contribution in [0.1, 0.15) is 0 Å². The second kappa shape index (κ2) is 5.03. The lowest BCUT2D eigenvalue weighted by molar-refractivity contribution is -0.286. The van der Waals surface area contributed by atoms with Gasteiger partial charge in [-0.3, -0.25) is 0 Å². The summed E-state index contributed by atoms with van der Waals surface area (Å²) in [5, 5.41) is 0. The van der Waals surface area contributed by atoms with Crippen molar-refractivity contribution in [1.29, 1.82) is 0 Å². The van der Waals surface area contributed by atoms with Crippen LogP contribution in [0.3, 0.4) is 0 Å². The monoisotopic (exact) mass is 216 g/mol. The summed E-state index contributed by atoms with van der Waals surface area (Å²) in [7, 11) is 0. The van der Waals surface area contributed by atoms with Crippen LogP contribution >= 0.6 is 0 Å². The lowest BCUT2D eigenvalue weighted by atomic mass is 10.4. The number of alkyl halides is 6. The van der Waals surface area contributed by atoms with Crippen molar-refractivity contribution in [3.05, 3.63) is 12.7 Å². The Kier molecular flexibility index (Phi) is 5.68. The molecule has 13 heavy (non-hydrogen) atoms. The molecule has 0 unspecified atom stereocenters. The third-order valence-electron chi connectivity index (χ3n) is 0.583. The molecule has 8 heteroatoms. The van der Waals surface area contributed by atoms with E-state index in [-0.39, 0.29) is 0 Å². The fourth-order valence-electron chi connectivity index (χ4n) is 0.0758. The van der Waals surface area contributed by atoms with E-state index in [9.17, 15) is 35.1 Å². The van der Waals surface area contributed by atoms with Crippen molar-refractivity contribution >= 4 is 0 Å². The molecule has 0 N–H and O–H groups in total. The van der Waals surface area contributed by atoms with E-state index in [2.05, 4.69) is 6.58 Å². The Bertz CT molecular complexity index is 152. The van der Waals surface area contributed by atoms with Crippen LogP contribution in [0.25, 0.3) is 0 Å². The molecular weight excluding hydrogens is 212 g/mol. The van der Waals surface area contributed by atoms with Gasteiger partial charge in [0, 0.05) is 0 Å². The van der Waals surface area contributed by atoms with E-state index in [0.717, 1.165) is 0 Å². The minimum atomic E-state index is -5.76. The zero-order valence-corrected chi connectivity index (χ0v) is 5.94. The van der Waals surface area contributed by atoms with Crippen molar-refractivity contribution in [3.8, 4) is 0 Å². The summed E-state index contributed by atoms with van der Waals surface area (Å²) in [6, 6.07) is 0. The van der Waals surface area contributed by atoms with Crippen molar-refractivity contribution in [3.63, 3.8) is 0 Å². The Labute approximate surface area is 67.8 Å². The van der Waals surface area contributed by atoms with Gasteiger partial charge in [0.05, 0.1) is 0 Å². The third kappa shape index (κ3) is 7.54. The number of halogens is 8. The predicted molar refractivity (Wildman–Crippen MR) is 28.3 cm³/mol. The fourth-order valence-corrected chi connectivity index (χ4v) is 0.0758. The van der Waals surface area contributed by atoms with Gasteiger partial charge in [0.15, 0.2) is 6.67 Å². The zero-order chi connectivity index (χ0) is 11.3. The maximum Gasteiger partial charge on any atom is 0.456 e. The largest absolute Gasteiger partial charge is 0.456 e. The standard InChI is InChI=1S/C3H2F6.C2H2F2/c4-1-2(5,6)3(7,8)9;1-2(3)4/h1H2;1H2. The van der Waals surface area contributed by atoms with E-state index in [0.29, 0.717) is 0 Å². The Morgan fingerprint density at radius 2 is 1.23 bits per heavy atom. The first kappa shape index (κ1) is 14.7. The smallest absolute Gasteiger partial charge is 0.244 e. The minimum absolute atomic E-state index is 1.83. The normalized spacial score (nSPS) is 11.7. The number of hydrogen-bond donors (Lipinski definition) is 0. The molecule has 0 heterocycles. The number of rotatable bonds is 1. The molecule has 0 saturated carbocycles. The van der Waals surface area contributed by atoms with Crippen molar-refractivity contribution in [2.75, 3.05) is 6.67 Å². The summed E-state index contributed by atoms with van der Waals surface area (Å²) in [6.45, 7) is -0.476. The van der Waals surface area contributed by atoms with Gasteiger partial charge >= 0.3 is 12.1 Å². The van der Waals surface area contributed by atoms with Gasteiger partial charge in [0.25, 0.3) is 6.08 Å². The highest BCUT2D eigenvalue weighted by Gasteiger charge is 2.57. The maximum atomic E-state index is 11.2. The van der Waals surface area contributed by atoms with Crippen molar-refractivity contribution in [2.24, 2.45) is 0 Å². The molecule has 0 aromatic rings. The Hall–Kier alpha value is -0.820. The molecule has 0 saturated heterocycles. The van der Waals surface area contributed by atoms with Gasteiger partial charge < -0.3 is 0 Å². The molecule has 0 atom stereocenters. The quantitative estimate of drug-likeness (QED) is 0.588. The van der Waals surface area contributed by atoms with Gasteiger partial charge in [0.2, 0.25) is 0 Å². The van der Waals surface area contributed by atoms with Crippen LogP contribution in [-0.2, 0) is 0 Å². The average molecular weight is 216 g/mol. The third-order valence-corrected chi connectivity index (χ3v) is 0.583. The summed E-state index contributed by atoms with van der Waals surface area (Å²) >= 11 is 0. The van der Waals surface area contributed by atoms with Gasteiger partial charge in [-0.2, -0.15) is 30.7 Å². The van der Waals surface area contributed by atoms with Crippen LogP contribution < -0.4 is 0 Å². The molecule has 0 rings (SSSR count). The molecule has 0 aliphatic carbocycles. The van der Waals surface area contributed by atoms with Gasteiger partial charge in [-0.25, -0.2) is 4.39 Å². The van der Waals surface area contributed by atoms with Crippen molar-refractivity contribution < 1.29 is 35.1 Å². The molecule has 0 aromatic carbocycles. The highest BCUT2D eigenvalue weighted by molar-refractivity contribution is 4.73. The summed E-state index contributed by atoms with van der Waals surface area (Å²) in [4.78, 5) is 0. The first-order valence-corrected chi connectivity index (χ1v) is 2.55. The summed E-state index contributed by atoms with van der Waals surface area (Å²) < 4.78 is 85.9. The highest BCUT2D eigenvalue weighted by atomic mass is 19.4. The van der Waals surface area contributed by atoms with E-state index < -0.39 is 24.9 Å². The molecule has 0 radical (unpaired) electrons. The topological polar surface area (TPSA) is 0 Å². The Morgan fingerprint density at radius 1 is 1.00 bits per heavy atom. The fraction of sp³-hybridized carbons (Fsp3) is 0.600. The van der Waals surface area contributed by atoms with E-state index in [1.54, 1.807) is 0 Å². The van der Waals surface area contributed by atoms with Crippen LogP contribution in [0.5, 0.6) is 0 Å². The van der Waals surface area contributed by atoms with Crippen molar-refractivity contribution in [1.82, 2.24) is 0 Å². The zero-order valence-electron chi connectivity index (χ0n) is 5.94.